The van der Waals surface area contributed by atoms with Gasteiger partial charge >= 0.3 is 0 Å². The highest BCUT2D eigenvalue weighted by Crippen LogP contribution is 2.21. The number of aromatic nitrogens is 1. The summed E-state index contributed by atoms with van der Waals surface area (Å²) in [4.78, 5) is 4.31. The van der Waals surface area contributed by atoms with Gasteiger partial charge in [-0.05, 0) is 19.1 Å². The average Bonchev–Trinajstić information content (AvgIpc) is 2.28. The van der Waals surface area contributed by atoms with Crippen LogP contribution in [0.1, 0.15) is 12.5 Å². The molecule has 0 amide bonds. The van der Waals surface area contributed by atoms with Gasteiger partial charge in [-0.25, -0.2) is 4.98 Å². The zero-order valence-corrected chi connectivity index (χ0v) is 10.6. The largest absolute Gasteiger partial charge is 0.341 e. The average molecular weight is 252 g/mol. The van der Waals surface area contributed by atoms with Crippen molar-refractivity contribution in [3.8, 4) is 0 Å². The molecule has 0 radical (unpaired) electrons. The van der Waals surface area contributed by atoms with Gasteiger partial charge in [0.1, 0.15) is 10.6 Å². The zero-order valence-electron chi connectivity index (χ0n) is 8.83. The Morgan fingerprint density at radius 1 is 1.44 bits per heavy atom. The van der Waals surface area contributed by atoms with Crippen molar-refractivity contribution in [3.05, 3.63) is 41.0 Å². The van der Waals surface area contributed by atoms with Crippen molar-refractivity contribution in [1.82, 2.24) is 4.98 Å². The molecule has 1 aromatic carbocycles. The van der Waals surface area contributed by atoms with Gasteiger partial charge in [0.25, 0.3) is 0 Å². The quantitative estimate of drug-likeness (QED) is 0.615. The lowest BCUT2D eigenvalue weighted by atomic mass is 10.2. The number of rotatable bonds is 3. The van der Waals surface area contributed by atoms with E-state index in [1.807, 2.05) is 37.3 Å². The molecular formula is C12H11ClNOP. The highest BCUT2D eigenvalue weighted by Gasteiger charge is 2.08. The molecule has 2 aromatic rings. The summed E-state index contributed by atoms with van der Waals surface area (Å²) >= 11 is 6.09. The van der Waals surface area contributed by atoms with Crippen LogP contribution in [0.25, 0.3) is 10.9 Å². The first kappa shape index (κ1) is 11.5. The predicted octanol–water partition coefficient (Wildman–Crippen LogP) is 3.55. The Labute approximate surface area is 101 Å². The molecule has 0 N–H and O–H groups in total. The third kappa shape index (κ3) is 2.25. The maximum Gasteiger partial charge on any atom is 0.139 e. The molecule has 0 aliphatic heterocycles. The molecule has 0 saturated heterocycles. The van der Waals surface area contributed by atoms with E-state index in [9.17, 15) is 0 Å². The number of benzene rings is 1. The second-order valence-electron chi connectivity index (χ2n) is 3.28. The van der Waals surface area contributed by atoms with Crippen LogP contribution in [-0.4, -0.2) is 17.1 Å². The van der Waals surface area contributed by atoms with Crippen molar-refractivity contribution < 1.29 is 4.74 Å². The minimum absolute atomic E-state index is 0.442. The molecule has 2 nitrogen and oxygen atoms in total. The fraction of sp³-hybridized carbons (Fsp3) is 0.167. The van der Waals surface area contributed by atoms with E-state index in [-0.39, 0.29) is 0 Å². The fourth-order valence-electron chi connectivity index (χ4n) is 1.47. The smallest absolute Gasteiger partial charge is 0.139 e. The number of hydrogen-bond acceptors (Lipinski definition) is 2. The Bertz CT molecular complexity index is 542. The molecule has 0 spiro atoms. The van der Waals surface area contributed by atoms with Crippen LogP contribution < -0.4 is 0 Å². The Morgan fingerprint density at radius 3 is 2.94 bits per heavy atom. The molecule has 4 heteroatoms. The van der Waals surface area contributed by atoms with Gasteiger partial charge in [0.15, 0.2) is 0 Å². The maximum absolute atomic E-state index is 6.09. The van der Waals surface area contributed by atoms with E-state index in [1.54, 1.807) is 0 Å². The van der Waals surface area contributed by atoms with Crippen LogP contribution in [0.2, 0.25) is 5.15 Å². The molecule has 82 valence electrons. The summed E-state index contributed by atoms with van der Waals surface area (Å²) in [5.41, 5.74) is 2.27. The molecule has 2 rings (SSSR count). The normalized spacial score (nSPS) is 10.6. The molecule has 0 unspecified atom stereocenters. The fourth-order valence-corrected chi connectivity index (χ4v) is 2.12. The number of para-hydroxylation sites is 1. The lowest BCUT2D eigenvalue weighted by molar-refractivity contribution is 0.337. The van der Waals surface area contributed by atoms with Crippen molar-refractivity contribution in [2.24, 2.45) is 0 Å². The van der Waals surface area contributed by atoms with Crippen LogP contribution >= 0.6 is 20.5 Å². The lowest BCUT2D eigenvalue weighted by Crippen LogP contribution is -2.04. The topological polar surface area (TPSA) is 22.1 Å². The van der Waals surface area contributed by atoms with E-state index < -0.39 is 0 Å². The Hall–Kier alpha value is -0.950. The molecule has 0 atom stereocenters. The molecule has 0 fully saturated rings. The summed E-state index contributed by atoms with van der Waals surface area (Å²) < 4.78 is 5.36. The number of hydrogen-bond donors (Lipinski definition) is 0. The number of nitrogens with zero attached hydrogens (tertiary/aromatic N) is 1. The molecule has 0 aliphatic carbocycles. The first-order valence-electron chi connectivity index (χ1n) is 4.99. The number of pyridine rings is 1. The summed E-state index contributed by atoms with van der Waals surface area (Å²) in [5.74, 6) is 0. The SMILES string of the molecule is CCOC(=P)c1cc2ccccc2nc1Cl. The first-order valence-corrected chi connectivity index (χ1v) is 5.87. The van der Waals surface area contributed by atoms with Crippen LogP contribution in [0.15, 0.2) is 30.3 Å². The highest BCUT2D eigenvalue weighted by molar-refractivity contribution is 7.21. The van der Waals surface area contributed by atoms with Gasteiger partial charge in [-0.15, -0.1) is 0 Å². The molecule has 0 aliphatic rings. The number of halogens is 1. The Balaban J connectivity index is 2.54. The third-order valence-corrected chi connectivity index (χ3v) is 2.91. The van der Waals surface area contributed by atoms with Crippen LogP contribution in [-0.2, 0) is 4.74 Å². The van der Waals surface area contributed by atoms with Gasteiger partial charge in [-0.2, -0.15) is 0 Å². The van der Waals surface area contributed by atoms with E-state index in [2.05, 4.69) is 13.8 Å². The van der Waals surface area contributed by atoms with E-state index in [1.165, 1.54) is 0 Å². The monoisotopic (exact) mass is 251 g/mol. The first-order chi connectivity index (χ1) is 7.72. The highest BCUT2D eigenvalue weighted by atomic mass is 35.5. The molecule has 1 heterocycles. The van der Waals surface area contributed by atoms with Crippen molar-refractivity contribution in [2.45, 2.75) is 6.92 Å². The second kappa shape index (κ2) is 4.92. The van der Waals surface area contributed by atoms with E-state index in [4.69, 9.17) is 16.3 Å². The summed E-state index contributed by atoms with van der Waals surface area (Å²) in [5, 5.41) is 1.48. The van der Waals surface area contributed by atoms with E-state index >= 15 is 0 Å². The summed E-state index contributed by atoms with van der Waals surface area (Å²) in [7, 11) is 3.41. The van der Waals surface area contributed by atoms with Crippen LogP contribution in [0.4, 0.5) is 0 Å². The van der Waals surface area contributed by atoms with Crippen molar-refractivity contribution in [3.63, 3.8) is 0 Å². The van der Waals surface area contributed by atoms with Gasteiger partial charge in [0, 0.05) is 10.9 Å². The standard InChI is InChI=1S/C12H11ClNOP/c1-2-15-12(16)9-7-8-5-3-4-6-10(8)14-11(9)13/h3-7,16H,2H2,1H3. The van der Waals surface area contributed by atoms with Crippen molar-refractivity contribution in [2.75, 3.05) is 6.61 Å². The molecular weight excluding hydrogens is 241 g/mol. The third-order valence-electron chi connectivity index (χ3n) is 2.21. The maximum atomic E-state index is 6.09. The summed E-state index contributed by atoms with van der Waals surface area (Å²) in [6.07, 6.45) is 0. The zero-order chi connectivity index (χ0) is 11.5. The summed E-state index contributed by atoms with van der Waals surface area (Å²) in [6.45, 7) is 2.50. The molecule has 0 saturated carbocycles. The van der Waals surface area contributed by atoms with Crippen molar-refractivity contribution in [1.29, 1.82) is 0 Å². The van der Waals surface area contributed by atoms with Gasteiger partial charge < -0.3 is 4.74 Å². The van der Waals surface area contributed by atoms with Gasteiger partial charge in [-0.1, -0.05) is 38.7 Å². The lowest BCUT2D eigenvalue weighted by Gasteiger charge is -2.07. The minimum Gasteiger partial charge on any atom is -0.341 e. The molecule has 0 bridgehead atoms. The van der Waals surface area contributed by atoms with Gasteiger partial charge in [-0.3, -0.25) is 0 Å². The number of fused-ring (bicyclic) bond motifs is 1. The Kier molecular flexibility index (Phi) is 3.55. The summed E-state index contributed by atoms with van der Waals surface area (Å²) in [6, 6.07) is 9.79. The molecule has 1 aromatic heterocycles. The Morgan fingerprint density at radius 2 is 2.19 bits per heavy atom. The van der Waals surface area contributed by atoms with E-state index in [0.29, 0.717) is 17.2 Å². The molecule has 16 heavy (non-hydrogen) atoms. The van der Waals surface area contributed by atoms with Crippen molar-refractivity contribution >= 4 is 36.8 Å². The van der Waals surface area contributed by atoms with Crippen LogP contribution in [0.3, 0.4) is 0 Å². The van der Waals surface area contributed by atoms with Crippen LogP contribution in [0.5, 0.6) is 0 Å². The van der Waals surface area contributed by atoms with Gasteiger partial charge in [0.2, 0.25) is 0 Å². The van der Waals surface area contributed by atoms with Gasteiger partial charge in [0.05, 0.1) is 12.1 Å². The van der Waals surface area contributed by atoms with E-state index in [0.717, 1.165) is 16.5 Å². The number of ether oxygens (including phenoxy) is 1. The minimum atomic E-state index is 0.442. The predicted molar refractivity (Wildman–Crippen MR) is 70.8 cm³/mol. The van der Waals surface area contributed by atoms with Crippen LogP contribution in [0, 0.1) is 0 Å². The second-order valence-corrected chi connectivity index (χ2v) is 4.09.